The van der Waals surface area contributed by atoms with Crippen LogP contribution in [-0.4, -0.2) is 31.7 Å². The molecule has 122 valence electrons. The number of hydrogen-bond acceptors (Lipinski definition) is 5. The van der Waals surface area contributed by atoms with Crippen LogP contribution in [0, 0.1) is 0 Å². The van der Waals surface area contributed by atoms with Crippen molar-refractivity contribution in [1.82, 2.24) is 14.8 Å². The van der Waals surface area contributed by atoms with Crippen molar-refractivity contribution in [2.24, 2.45) is 7.05 Å². The lowest BCUT2D eigenvalue weighted by molar-refractivity contribution is -0.116. The van der Waals surface area contributed by atoms with Crippen molar-refractivity contribution in [3.8, 4) is 0 Å². The molecule has 1 atom stereocenters. The number of Topliss-reactive ketones (excluding diaryl/α,β-unsaturated/α-hetero) is 1. The van der Waals surface area contributed by atoms with E-state index in [-0.39, 0.29) is 16.9 Å². The van der Waals surface area contributed by atoms with E-state index in [1.807, 2.05) is 20.9 Å². The standard InChI is InChI=1S/C16H20N4O2S/c1-4-5-14(21)18-13-8-6-12(7-9-13)15(22)11(2)23-16-19-17-10-20(16)3/h6-11H,4-5H2,1-3H3,(H,18,21). The number of nitrogens with one attached hydrogen (secondary N) is 1. The Morgan fingerprint density at radius 2 is 2.00 bits per heavy atom. The van der Waals surface area contributed by atoms with Gasteiger partial charge in [0.1, 0.15) is 6.33 Å². The Morgan fingerprint density at radius 1 is 1.30 bits per heavy atom. The maximum absolute atomic E-state index is 12.5. The largest absolute Gasteiger partial charge is 0.326 e. The van der Waals surface area contributed by atoms with Gasteiger partial charge in [0.25, 0.3) is 0 Å². The zero-order valence-corrected chi connectivity index (χ0v) is 14.3. The van der Waals surface area contributed by atoms with E-state index in [4.69, 9.17) is 0 Å². The average molecular weight is 332 g/mol. The van der Waals surface area contributed by atoms with Crippen LogP contribution in [0.2, 0.25) is 0 Å². The Hall–Kier alpha value is -2.15. The lowest BCUT2D eigenvalue weighted by Crippen LogP contribution is -2.15. The van der Waals surface area contributed by atoms with E-state index in [2.05, 4.69) is 15.5 Å². The number of thioether (sulfide) groups is 1. The highest BCUT2D eigenvalue weighted by Gasteiger charge is 2.18. The van der Waals surface area contributed by atoms with Crippen LogP contribution < -0.4 is 5.32 Å². The number of anilines is 1. The van der Waals surface area contributed by atoms with Crippen LogP contribution in [0.5, 0.6) is 0 Å². The van der Waals surface area contributed by atoms with Crippen LogP contribution in [0.25, 0.3) is 0 Å². The van der Waals surface area contributed by atoms with Gasteiger partial charge in [-0.15, -0.1) is 10.2 Å². The molecule has 0 fully saturated rings. The summed E-state index contributed by atoms with van der Waals surface area (Å²) in [7, 11) is 1.84. The van der Waals surface area contributed by atoms with Crippen LogP contribution in [0.1, 0.15) is 37.0 Å². The highest BCUT2D eigenvalue weighted by Crippen LogP contribution is 2.23. The van der Waals surface area contributed by atoms with Gasteiger partial charge in [-0.05, 0) is 37.6 Å². The molecule has 23 heavy (non-hydrogen) atoms. The monoisotopic (exact) mass is 332 g/mol. The predicted molar refractivity (Wildman–Crippen MR) is 90.6 cm³/mol. The van der Waals surface area contributed by atoms with E-state index in [9.17, 15) is 9.59 Å². The SMILES string of the molecule is CCCC(=O)Nc1ccc(C(=O)C(C)Sc2nncn2C)cc1. The minimum atomic E-state index is -0.265. The van der Waals surface area contributed by atoms with E-state index < -0.39 is 0 Å². The van der Waals surface area contributed by atoms with E-state index in [0.29, 0.717) is 22.8 Å². The third kappa shape index (κ3) is 4.66. The van der Waals surface area contributed by atoms with Crippen LogP contribution >= 0.6 is 11.8 Å². The van der Waals surface area contributed by atoms with Gasteiger partial charge in [-0.3, -0.25) is 9.59 Å². The van der Waals surface area contributed by atoms with Crippen LogP contribution in [-0.2, 0) is 11.8 Å². The molecule has 2 rings (SSSR count). The normalized spacial score (nSPS) is 12.0. The molecule has 1 unspecified atom stereocenters. The topological polar surface area (TPSA) is 76.9 Å². The minimum absolute atomic E-state index is 0.0159. The molecule has 1 amide bonds. The van der Waals surface area contributed by atoms with Crippen LogP contribution in [0.3, 0.4) is 0 Å². The van der Waals surface area contributed by atoms with E-state index >= 15 is 0 Å². The Labute approximate surface area is 139 Å². The highest BCUT2D eigenvalue weighted by molar-refractivity contribution is 8.00. The summed E-state index contributed by atoms with van der Waals surface area (Å²) < 4.78 is 1.78. The van der Waals surface area contributed by atoms with E-state index in [0.717, 1.165) is 6.42 Å². The number of ketones is 1. The summed E-state index contributed by atoms with van der Waals surface area (Å²) in [5, 5.41) is 11.0. The number of carbonyl (C=O) groups is 2. The van der Waals surface area contributed by atoms with E-state index in [1.54, 1.807) is 35.2 Å². The molecule has 0 bridgehead atoms. The maximum Gasteiger partial charge on any atom is 0.224 e. The van der Waals surface area contributed by atoms with Gasteiger partial charge in [-0.1, -0.05) is 18.7 Å². The Balaban J connectivity index is 1.99. The first-order valence-corrected chi connectivity index (χ1v) is 8.34. The van der Waals surface area contributed by atoms with Crippen molar-refractivity contribution in [1.29, 1.82) is 0 Å². The molecule has 0 saturated heterocycles. The van der Waals surface area contributed by atoms with Crippen molar-refractivity contribution in [3.63, 3.8) is 0 Å². The molecule has 7 heteroatoms. The number of rotatable bonds is 7. The maximum atomic E-state index is 12.5. The predicted octanol–water partition coefficient (Wildman–Crippen LogP) is 2.92. The van der Waals surface area contributed by atoms with Gasteiger partial charge < -0.3 is 9.88 Å². The second-order valence-electron chi connectivity index (χ2n) is 5.22. The summed E-state index contributed by atoms with van der Waals surface area (Å²) in [5.41, 5.74) is 1.31. The van der Waals surface area contributed by atoms with Gasteiger partial charge in [-0.25, -0.2) is 0 Å². The molecule has 0 aliphatic rings. The van der Waals surface area contributed by atoms with E-state index in [1.165, 1.54) is 11.8 Å². The summed E-state index contributed by atoms with van der Waals surface area (Å²) in [5.74, 6) is 0.00205. The number of carbonyl (C=O) groups excluding carboxylic acids is 2. The summed E-state index contributed by atoms with van der Waals surface area (Å²) in [6.07, 6.45) is 2.90. The second kappa shape index (κ2) is 7.92. The number of nitrogens with zero attached hydrogens (tertiary/aromatic N) is 3. The summed E-state index contributed by atoms with van der Waals surface area (Å²) in [6, 6.07) is 6.97. The van der Waals surface area contributed by atoms with Crippen molar-refractivity contribution < 1.29 is 9.59 Å². The molecule has 0 aliphatic heterocycles. The molecule has 6 nitrogen and oxygen atoms in total. The summed E-state index contributed by atoms with van der Waals surface area (Å²) in [6.45, 7) is 3.80. The highest BCUT2D eigenvalue weighted by atomic mass is 32.2. The smallest absolute Gasteiger partial charge is 0.224 e. The third-order valence-electron chi connectivity index (χ3n) is 3.25. The second-order valence-corrected chi connectivity index (χ2v) is 6.53. The van der Waals surface area contributed by atoms with Crippen molar-refractivity contribution in [2.75, 3.05) is 5.32 Å². The minimum Gasteiger partial charge on any atom is -0.326 e. The Kier molecular flexibility index (Phi) is 5.92. The number of benzene rings is 1. The zero-order chi connectivity index (χ0) is 16.8. The molecule has 0 aliphatic carbocycles. The fourth-order valence-corrected chi connectivity index (χ4v) is 2.86. The summed E-state index contributed by atoms with van der Waals surface area (Å²) in [4.78, 5) is 24.0. The lowest BCUT2D eigenvalue weighted by Gasteiger charge is -2.10. The first kappa shape index (κ1) is 17.2. The fourth-order valence-electron chi connectivity index (χ4n) is 1.99. The molecule has 0 radical (unpaired) electrons. The number of amides is 1. The van der Waals surface area contributed by atoms with Crippen LogP contribution in [0.4, 0.5) is 5.69 Å². The molecule has 2 aromatic rings. The van der Waals surface area contributed by atoms with Gasteiger partial charge in [-0.2, -0.15) is 0 Å². The number of hydrogen-bond donors (Lipinski definition) is 1. The Morgan fingerprint density at radius 3 is 2.57 bits per heavy atom. The lowest BCUT2D eigenvalue weighted by atomic mass is 10.1. The summed E-state index contributed by atoms with van der Waals surface area (Å²) >= 11 is 1.37. The van der Waals surface area contributed by atoms with Crippen LogP contribution in [0.15, 0.2) is 35.7 Å². The molecule has 1 N–H and O–H groups in total. The molecule has 1 heterocycles. The molecule has 1 aromatic heterocycles. The van der Waals surface area contributed by atoms with Crippen molar-refractivity contribution in [3.05, 3.63) is 36.2 Å². The number of aromatic nitrogens is 3. The molecule has 0 spiro atoms. The van der Waals surface area contributed by atoms with Gasteiger partial charge in [0.2, 0.25) is 5.91 Å². The molecule has 0 saturated carbocycles. The third-order valence-corrected chi connectivity index (χ3v) is 4.40. The first-order chi connectivity index (χ1) is 11.0. The molecule has 1 aromatic carbocycles. The molecular formula is C16H20N4O2S. The molecular weight excluding hydrogens is 312 g/mol. The van der Waals surface area contributed by atoms with Crippen molar-refractivity contribution in [2.45, 2.75) is 37.1 Å². The number of aryl methyl sites for hydroxylation is 1. The quantitative estimate of drug-likeness (QED) is 0.623. The van der Waals surface area contributed by atoms with Gasteiger partial charge in [0.15, 0.2) is 10.9 Å². The Bertz CT molecular complexity index is 682. The van der Waals surface area contributed by atoms with Gasteiger partial charge in [0.05, 0.1) is 5.25 Å². The average Bonchev–Trinajstić information content (AvgIpc) is 2.92. The zero-order valence-electron chi connectivity index (χ0n) is 13.4. The fraction of sp³-hybridized carbons (Fsp3) is 0.375. The van der Waals surface area contributed by atoms with Gasteiger partial charge in [0, 0.05) is 24.7 Å². The van der Waals surface area contributed by atoms with Crippen molar-refractivity contribution >= 4 is 29.1 Å². The first-order valence-electron chi connectivity index (χ1n) is 7.46. The van der Waals surface area contributed by atoms with Gasteiger partial charge >= 0.3 is 0 Å².